The van der Waals surface area contributed by atoms with Gasteiger partial charge in [-0.15, -0.1) is 17.5 Å². The minimum absolute atomic E-state index is 0. The number of piperidine rings is 1. The normalized spacial score (nSPS) is 14.5. The van der Waals surface area contributed by atoms with Crippen molar-refractivity contribution in [2.75, 3.05) is 33.3 Å². The van der Waals surface area contributed by atoms with Crippen molar-refractivity contribution in [2.45, 2.75) is 25.8 Å². The quantitative estimate of drug-likeness (QED) is 0.832. The second-order valence-corrected chi connectivity index (χ2v) is 6.41. The van der Waals surface area contributed by atoms with Crippen LogP contribution < -0.4 is 10.1 Å². The van der Waals surface area contributed by atoms with Crippen molar-refractivity contribution in [2.24, 2.45) is 0 Å². The van der Waals surface area contributed by atoms with Crippen molar-refractivity contribution in [3.8, 4) is 5.75 Å². The number of hydrogen-bond acceptors (Lipinski definition) is 5. The van der Waals surface area contributed by atoms with E-state index in [9.17, 15) is 4.79 Å². The number of nitrogens with one attached hydrogen (secondary N) is 1. The number of amides is 1. The molecule has 3 rings (SSSR count). The fraction of sp³-hybridized carbons (Fsp3) is 0.500. The Morgan fingerprint density at radius 1 is 1.35 bits per heavy atom. The molecule has 1 N–H and O–H groups in total. The Hall–Kier alpha value is -2.12. The summed E-state index contributed by atoms with van der Waals surface area (Å²) >= 11 is 0. The summed E-state index contributed by atoms with van der Waals surface area (Å²) in [7, 11) is 1.76. The lowest BCUT2D eigenvalue weighted by Crippen LogP contribution is -2.31. The number of likely N-dealkylation sites (N-methyl/N-ethyl adjacent to an activating group) is 1. The third-order valence-corrected chi connectivity index (χ3v) is 4.54. The van der Waals surface area contributed by atoms with Gasteiger partial charge in [-0.25, -0.2) is 4.68 Å². The van der Waals surface area contributed by atoms with Crippen LogP contribution in [0.4, 0.5) is 0 Å². The Bertz CT molecular complexity index is 715. The molecule has 2 aromatic rings. The highest BCUT2D eigenvalue weighted by Gasteiger charge is 2.20. The number of aromatic nitrogens is 3. The molecule has 0 radical (unpaired) electrons. The van der Waals surface area contributed by atoms with Crippen molar-refractivity contribution >= 4 is 18.3 Å². The maximum absolute atomic E-state index is 12.5. The van der Waals surface area contributed by atoms with Gasteiger partial charge < -0.3 is 15.0 Å². The number of hydrogen-bond donors (Lipinski definition) is 1. The molecule has 8 heteroatoms. The number of carbonyl (C=O) groups excluding carboxylic acids is 1. The van der Waals surface area contributed by atoms with Crippen molar-refractivity contribution in [3.63, 3.8) is 0 Å². The van der Waals surface area contributed by atoms with Crippen molar-refractivity contribution < 1.29 is 9.53 Å². The molecule has 1 aromatic carbocycles. The smallest absolute Gasteiger partial charge is 0.275 e. The summed E-state index contributed by atoms with van der Waals surface area (Å²) in [5.74, 6) is 0.716. The molecule has 1 fully saturated rings. The average molecular weight is 380 g/mol. The monoisotopic (exact) mass is 379 g/mol. The van der Waals surface area contributed by atoms with Crippen LogP contribution in [0.5, 0.6) is 5.75 Å². The Morgan fingerprint density at radius 3 is 2.81 bits per heavy atom. The van der Waals surface area contributed by atoms with Crippen molar-refractivity contribution in [1.82, 2.24) is 25.2 Å². The molecule has 0 aliphatic carbocycles. The van der Waals surface area contributed by atoms with Crippen LogP contribution in [0.1, 0.15) is 34.9 Å². The van der Waals surface area contributed by atoms with Gasteiger partial charge in [0.2, 0.25) is 0 Å². The molecule has 1 aliphatic heterocycles. The van der Waals surface area contributed by atoms with Gasteiger partial charge in [-0.3, -0.25) is 4.79 Å². The van der Waals surface area contributed by atoms with E-state index in [1.54, 1.807) is 18.1 Å². The maximum atomic E-state index is 12.5. The predicted molar refractivity (Wildman–Crippen MR) is 102 cm³/mol. The second kappa shape index (κ2) is 9.54. The summed E-state index contributed by atoms with van der Waals surface area (Å²) in [6, 6.07) is 8.18. The zero-order valence-corrected chi connectivity index (χ0v) is 16.0. The zero-order valence-electron chi connectivity index (χ0n) is 15.2. The highest BCUT2D eigenvalue weighted by molar-refractivity contribution is 5.91. The van der Waals surface area contributed by atoms with Gasteiger partial charge >= 0.3 is 0 Å². The van der Waals surface area contributed by atoms with Crippen LogP contribution in [0.25, 0.3) is 0 Å². The first-order valence-electron chi connectivity index (χ1n) is 8.71. The Morgan fingerprint density at radius 2 is 2.08 bits per heavy atom. The predicted octanol–water partition coefficient (Wildman–Crippen LogP) is 2.08. The van der Waals surface area contributed by atoms with Gasteiger partial charge in [0.15, 0.2) is 5.69 Å². The third-order valence-electron chi connectivity index (χ3n) is 4.54. The minimum Gasteiger partial charge on any atom is -0.491 e. The van der Waals surface area contributed by atoms with Crippen LogP contribution in [0.15, 0.2) is 30.5 Å². The van der Waals surface area contributed by atoms with Crippen molar-refractivity contribution in [1.29, 1.82) is 0 Å². The number of ether oxygens (including phenoxy) is 1. The van der Waals surface area contributed by atoms with Gasteiger partial charge in [-0.05, 0) is 44.5 Å². The molecule has 1 amide bonds. The lowest BCUT2D eigenvalue weighted by Gasteiger charge is -2.22. The van der Waals surface area contributed by atoms with Gasteiger partial charge in [0.1, 0.15) is 12.4 Å². The van der Waals surface area contributed by atoms with Crippen molar-refractivity contribution in [3.05, 3.63) is 41.7 Å². The highest BCUT2D eigenvalue weighted by Crippen LogP contribution is 2.18. The maximum Gasteiger partial charge on any atom is 0.275 e. The molecular formula is C18H26ClN5O2. The molecule has 0 atom stereocenters. The molecular weight excluding hydrogens is 354 g/mol. The van der Waals surface area contributed by atoms with Crippen LogP contribution in [0.3, 0.4) is 0 Å². The Labute approximate surface area is 160 Å². The first-order valence-corrected chi connectivity index (χ1v) is 8.71. The molecule has 0 spiro atoms. The summed E-state index contributed by atoms with van der Waals surface area (Å²) in [5.41, 5.74) is 1.47. The molecule has 1 aromatic heterocycles. The second-order valence-electron chi connectivity index (χ2n) is 6.41. The van der Waals surface area contributed by atoms with Crippen LogP contribution in [-0.4, -0.2) is 59.1 Å². The van der Waals surface area contributed by atoms with Crippen LogP contribution in [-0.2, 0) is 0 Å². The van der Waals surface area contributed by atoms with Gasteiger partial charge in [0.05, 0.1) is 18.8 Å². The number of para-hydroxylation sites is 1. The molecule has 1 saturated heterocycles. The summed E-state index contributed by atoms with van der Waals surface area (Å²) < 4.78 is 7.58. The van der Waals surface area contributed by atoms with E-state index in [1.165, 1.54) is 0 Å². The van der Waals surface area contributed by atoms with E-state index in [2.05, 4.69) is 15.6 Å². The molecule has 2 heterocycles. The van der Waals surface area contributed by atoms with Gasteiger partial charge in [-0.2, -0.15) is 0 Å². The summed E-state index contributed by atoms with van der Waals surface area (Å²) in [5, 5.41) is 11.5. The summed E-state index contributed by atoms with van der Waals surface area (Å²) in [6.07, 6.45) is 3.78. The van der Waals surface area contributed by atoms with E-state index < -0.39 is 0 Å². The Kier molecular flexibility index (Phi) is 7.41. The molecule has 0 saturated carbocycles. The molecule has 26 heavy (non-hydrogen) atoms. The molecule has 0 unspecified atom stereocenters. The standard InChI is InChI=1S/C18H25N5O2.ClH/c1-14-5-3-4-6-17(14)25-12-11-22(2)18(24)16-13-23(21-20-16)15-7-9-19-10-8-15;/h3-6,13,15,19H,7-12H2,1-2H3;1H. The van der Waals surface area contributed by atoms with Crippen LogP contribution >= 0.6 is 12.4 Å². The average Bonchev–Trinajstić information content (AvgIpc) is 3.13. The molecule has 1 aliphatic rings. The van der Waals surface area contributed by atoms with E-state index >= 15 is 0 Å². The van der Waals surface area contributed by atoms with E-state index in [1.807, 2.05) is 35.9 Å². The number of carbonyl (C=O) groups is 1. The number of halogens is 1. The lowest BCUT2D eigenvalue weighted by molar-refractivity contribution is 0.0767. The largest absolute Gasteiger partial charge is 0.491 e. The van der Waals surface area contributed by atoms with E-state index in [-0.39, 0.29) is 18.3 Å². The van der Waals surface area contributed by atoms with Crippen LogP contribution in [0.2, 0.25) is 0 Å². The number of aryl methyl sites for hydroxylation is 1. The first-order chi connectivity index (χ1) is 12.1. The lowest BCUT2D eigenvalue weighted by atomic mass is 10.1. The molecule has 0 bridgehead atoms. The topological polar surface area (TPSA) is 72.3 Å². The van der Waals surface area contributed by atoms with E-state index in [4.69, 9.17) is 4.74 Å². The zero-order chi connectivity index (χ0) is 17.6. The number of rotatable bonds is 6. The first kappa shape index (κ1) is 20.2. The Balaban J connectivity index is 0.00000243. The SMILES string of the molecule is Cc1ccccc1OCCN(C)C(=O)c1cn(C2CCNCC2)nn1.Cl. The summed E-state index contributed by atoms with van der Waals surface area (Å²) in [4.78, 5) is 14.1. The minimum atomic E-state index is -0.131. The van der Waals surface area contributed by atoms with Crippen LogP contribution in [0, 0.1) is 6.92 Å². The van der Waals surface area contributed by atoms with E-state index in [0.717, 1.165) is 37.2 Å². The van der Waals surface area contributed by atoms with Gasteiger partial charge in [0.25, 0.3) is 5.91 Å². The molecule has 7 nitrogen and oxygen atoms in total. The van der Waals surface area contributed by atoms with Gasteiger partial charge in [0, 0.05) is 7.05 Å². The molecule has 142 valence electrons. The van der Waals surface area contributed by atoms with E-state index in [0.29, 0.717) is 24.9 Å². The third kappa shape index (κ3) is 4.95. The fourth-order valence-corrected chi connectivity index (χ4v) is 2.93. The highest BCUT2D eigenvalue weighted by atomic mass is 35.5. The number of benzene rings is 1. The summed E-state index contributed by atoms with van der Waals surface area (Å²) in [6.45, 7) is 4.89. The van der Waals surface area contributed by atoms with Gasteiger partial charge in [-0.1, -0.05) is 23.4 Å². The fourth-order valence-electron chi connectivity index (χ4n) is 2.93. The number of nitrogens with zero attached hydrogens (tertiary/aromatic N) is 4.